The number of benzene rings is 1. The molecule has 0 aliphatic carbocycles. The molecule has 3 heteroatoms. The van der Waals surface area contributed by atoms with E-state index in [4.69, 9.17) is 10.8 Å². The maximum Gasteiger partial charge on any atom is 0.0624 e. The molecule has 12 heavy (non-hydrogen) atoms. The zero-order valence-corrected chi connectivity index (χ0v) is 7.84. The molecule has 0 spiro atoms. The van der Waals surface area contributed by atoms with Crippen molar-refractivity contribution in [3.8, 4) is 0 Å². The number of hydrogen-bond acceptors (Lipinski definition) is 3. The molecule has 0 aliphatic heterocycles. The van der Waals surface area contributed by atoms with Crippen LogP contribution in [-0.2, 0) is 0 Å². The van der Waals surface area contributed by atoms with E-state index >= 15 is 0 Å². The third kappa shape index (κ3) is 2.00. The molecule has 0 aliphatic rings. The summed E-state index contributed by atoms with van der Waals surface area (Å²) in [6.07, 6.45) is 2.00. The summed E-state index contributed by atoms with van der Waals surface area (Å²) >= 11 is 1.65. The molecule has 1 rings (SSSR count). The zero-order valence-electron chi connectivity index (χ0n) is 7.03. The fourth-order valence-electron chi connectivity index (χ4n) is 1.07. The first-order valence-electron chi connectivity index (χ1n) is 3.79. The summed E-state index contributed by atoms with van der Waals surface area (Å²) in [6, 6.07) is 7.61. The molecule has 1 atom stereocenters. The van der Waals surface area contributed by atoms with Crippen molar-refractivity contribution >= 4 is 11.8 Å². The lowest BCUT2D eigenvalue weighted by Crippen LogP contribution is -2.15. The van der Waals surface area contributed by atoms with Gasteiger partial charge in [0.05, 0.1) is 12.6 Å². The van der Waals surface area contributed by atoms with Crippen molar-refractivity contribution in [2.45, 2.75) is 10.9 Å². The fraction of sp³-hybridized carbons (Fsp3) is 0.333. The number of nitrogens with two attached hydrogens (primary N) is 1. The van der Waals surface area contributed by atoms with Gasteiger partial charge in [0.1, 0.15) is 0 Å². The first kappa shape index (κ1) is 9.58. The van der Waals surface area contributed by atoms with Gasteiger partial charge in [-0.1, -0.05) is 18.2 Å². The Morgan fingerprint density at radius 3 is 2.75 bits per heavy atom. The van der Waals surface area contributed by atoms with Crippen LogP contribution in [0.25, 0.3) is 0 Å². The Bertz CT molecular complexity index is 252. The summed E-state index contributed by atoms with van der Waals surface area (Å²) in [6.45, 7) is -0.00241. The third-order valence-electron chi connectivity index (χ3n) is 1.74. The minimum Gasteiger partial charge on any atom is -0.394 e. The summed E-state index contributed by atoms with van der Waals surface area (Å²) < 4.78 is 0. The molecule has 66 valence electrons. The van der Waals surface area contributed by atoms with Crippen LogP contribution in [0, 0.1) is 0 Å². The van der Waals surface area contributed by atoms with Gasteiger partial charge in [-0.2, -0.15) is 0 Å². The average Bonchev–Trinajstić information content (AvgIpc) is 2.16. The summed E-state index contributed by atoms with van der Waals surface area (Å²) in [4.78, 5) is 1.14. The van der Waals surface area contributed by atoms with Crippen LogP contribution in [0.2, 0.25) is 0 Å². The van der Waals surface area contributed by atoms with Crippen molar-refractivity contribution < 1.29 is 5.11 Å². The van der Waals surface area contributed by atoms with Crippen molar-refractivity contribution in [1.29, 1.82) is 0 Å². The van der Waals surface area contributed by atoms with E-state index in [1.807, 2.05) is 30.5 Å². The van der Waals surface area contributed by atoms with Crippen LogP contribution in [0.15, 0.2) is 29.2 Å². The van der Waals surface area contributed by atoms with Crippen LogP contribution in [0.1, 0.15) is 11.6 Å². The molecule has 0 amide bonds. The highest BCUT2D eigenvalue weighted by Gasteiger charge is 2.07. The number of aliphatic hydroxyl groups is 1. The summed E-state index contributed by atoms with van der Waals surface area (Å²) in [5.41, 5.74) is 6.73. The maximum absolute atomic E-state index is 8.87. The SMILES string of the molecule is CSc1ccccc1[C@@H](N)CO. The number of hydrogen-bond donors (Lipinski definition) is 2. The van der Waals surface area contributed by atoms with Crippen LogP contribution < -0.4 is 5.73 Å². The van der Waals surface area contributed by atoms with Gasteiger partial charge in [-0.05, 0) is 17.9 Å². The first-order valence-corrected chi connectivity index (χ1v) is 5.01. The molecule has 0 aromatic heterocycles. The van der Waals surface area contributed by atoms with Gasteiger partial charge in [-0.3, -0.25) is 0 Å². The summed E-state index contributed by atoms with van der Waals surface area (Å²) in [5.74, 6) is 0. The molecule has 0 saturated carbocycles. The van der Waals surface area contributed by atoms with E-state index in [0.29, 0.717) is 0 Å². The molecule has 1 aromatic rings. The molecule has 3 N–H and O–H groups in total. The highest BCUT2D eigenvalue weighted by atomic mass is 32.2. The predicted molar refractivity (Wildman–Crippen MR) is 52.2 cm³/mol. The van der Waals surface area contributed by atoms with Gasteiger partial charge in [0, 0.05) is 4.90 Å². The van der Waals surface area contributed by atoms with E-state index < -0.39 is 0 Å². The minimum atomic E-state index is -0.256. The standard InChI is InChI=1S/C9H13NOS/c1-12-9-5-3-2-4-7(9)8(10)6-11/h2-5,8,11H,6,10H2,1H3/t8-/m0/s1. The molecule has 0 unspecified atom stereocenters. The van der Waals surface area contributed by atoms with Gasteiger partial charge in [0.2, 0.25) is 0 Å². The van der Waals surface area contributed by atoms with Gasteiger partial charge in [0.25, 0.3) is 0 Å². The van der Waals surface area contributed by atoms with Crippen molar-refractivity contribution in [3.63, 3.8) is 0 Å². The molecule has 0 bridgehead atoms. The zero-order chi connectivity index (χ0) is 8.97. The van der Waals surface area contributed by atoms with Crippen molar-refractivity contribution in [2.24, 2.45) is 5.73 Å². The molecule has 0 saturated heterocycles. The largest absolute Gasteiger partial charge is 0.394 e. The van der Waals surface area contributed by atoms with E-state index in [-0.39, 0.29) is 12.6 Å². The Labute approximate surface area is 76.8 Å². The van der Waals surface area contributed by atoms with Gasteiger partial charge in [-0.25, -0.2) is 0 Å². The molecule has 0 fully saturated rings. The normalized spacial score (nSPS) is 12.9. The second-order valence-electron chi connectivity index (χ2n) is 2.53. The molecule has 1 aromatic carbocycles. The Morgan fingerprint density at radius 2 is 2.17 bits per heavy atom. The van der Waals surface area contributed by atoms with E-state index in [2.05, 4.69) is 0 Å². The van der Waals surface area contributed by atoms with Crippen molar-refractivity contribution in [2.75, 3.05) is 12.9 Å². The number of thioether (sulfide) groups is 1. The minimum absolute atomic E-state index is 0.00241. The number of rotatable bonds is 3. The van der Waals surface area contributed by atoms with E-state index in [1.54, 1.807) is 11.8 Å². The van der Waals surface area contributed by atoms with Crippen LogP contribution >= 0.6 is 11.8 Å². The van der Waals surface area contributed by atoms with Crippen LogP contribution in [0.4, 0.5) is 0 Å². The molecular weight excluding hydrogens is 170 g/mol. The van der Waals surface area contributed by atoms with Gasteiger partial charge in [-0.15, -0.1) is 11.8 Å². The Balaban J connectivity index is 2.96. The Hall–Kier alpha value is -0.510. The van der Waals surface area contributed by atoms with Crippen LogP contribution in [0.3, 0.4) is 0 Å². The van der Waals surface area contributed by atoms with E-state index in [1.165, 1.54) is 0 Å². The second kappa shape index (κ2) is 4.50. The topological polar surface area (TPSA) is 46.2 Å². The molecular formula is C9H13NOS. The van der Waals surface area contributed by atoms with E-state index in [9.17, 15) is 0 Å². The maximum atomic E-state index is 8.87. The quantitative estimate of drug-likeness (QED) is 0.696. The molecule has 0 heterocycles. The predicted octanol–water partition coefficient (Wildman–Crippen LogP) is 1.40. The number of aliphatic hydroxyl groups excluding tert-OH is 1. The van der Waals surface area contributed by atoms with Gasteiger partial charge >= 0.3 is 0 Å². The second-order valence-corrected chi connectivity index (χ2v) is 3.38. The fourth-order valence-corrected chi connectivity index (χ4v) is 1.74. The Morgan fingerprint density at radius 1 is 1.50 bits per heavy atom. The lowest BCUT2D eigenvalue weighted by atomic mass is 10.1. The average molecular weight is 183 g/mol. The highest BCUT2D eigenvalue weighted by Crippen LogP contribution is 2.23. The first-order chi connectivity index (χ1) is 5.79. The van der Waals surface area contributed by atoms with Gasteiger partial charge < -0.3 is 10.8 Å². The van der Waals surface area contributed by atoms with Gasteiger partial charge in [0.15, 0.2) is 0 Å². The lowest BCUT2D eigenvalue weighted by molar-refractivity contribution is 0.267. The Kier molecular flexibility index (Phi) is 3.59. The molecule has 2 nitrogen and oxygen atoms in total. The summed E-state index contributed by atoms with van der Waals surface area (Å²) in [7, 11) is 0. The van der Waals surface area contributed by atoms with Crippen LogP contribution in [-0.4, -0.2) is 18.0 Å². The summed E-state index contributed by atoms with van der Waals surface area (Å²) in [5, 5.41) is 8.87. The van der Waals surface area contributed by atoms with E-state index in [0.717, 1.165) is 10.5 Å². The highest BCUT2D eigenvalue weighted by molar-refractivity contribution is 7.98. The van der Waals surface area contributed by atoms with Crippen molar-refractivity contribution in [1.82, 2.24) is 0 Å². The van der Waals surface area contributed by atoms with Crippen molar-refractivity contribution in [3.05, 3.63) is 29.8 Å². The van der Waals surface area contributed by atoms with Crippen LogP contribution in [0.5, 0.6) is 0 Å². The molecule has 0 radical (unpaired) electrons. The smallest absolute Gasteiger partial charge is 0.0624 e. The third-order valence-corrected chi connectivity index (χ3v) is 2.55. The lowest BCUT2D eigenvalue weighted by Gasteiger charge is -2.11. The monoisotopic (exact) mass is 183 g/mol.